The maximum atomic E-state index is 12.4. The Morgan fingerprint density at radius 3 is 2.50 bits per heavy atom. The Bertz CT molecular complexity index is 1020. The van der Waals surface area contributed by atoms with Gasteiger partial charge in [-0.15, -0.1) is 0 Å². The Balaban J connectivity index is 1.50. The van der Waals surface area contributed by atoms with Crippen LogP contribution in [0.3, 0.4) is 0 Å². The zero-order valence-electron chi connectivity index (χ0n) is 18.0. The molecule has 0 saturated heterocycles. The molecule has 2 aromatic carbocycles. The number of carbonyl (C=O) groups is 2. The average molecular weight is 408 g/mol. The summed E-state index contributed by atoms with van der Waals surface area (Å²) in [5.41, 5.74) is 5.02. The minimum absolute atomic E-state index is 0.0112. The number of benzene rings is 2. The molecular weight excluding hydrogens is 378 g/mol. The molecule has 3 aromatic rings. The number of carbonyl (C=O) groups excluding carboxylic acids is 2. The first-order valence-corrected chi connectivity index (χ1v) is 10.3. The van der Waals surface area contributed by atoms with Crippen LogP contribution in [0, 0.1) is 13.8 Å². The van der Waals surface area contributed by atoms with E-state index in [2.05, 4.69) is 17.4 Å². The molecule has 0 aliphatic rings. The van der Waals surface area contributed by atoms with Gasteiger partial charge in [-0.3, -0.25) is 9.59 Å². The van der Waals surface area contributed by atoms with Crippen LogP contribution in [0.4, 0.5) is 0 Å². The maximum Gasteiger partial charge on any atom is 0.311 e. The molecule has 0 radical (unpaired) electrons. The third kappa shape index (κ3) is 5.50. The SMILES string of the molecule is Cc1cc2occ(CC(=O)O[C@@H](C)C(=O)N[C@H](C)CCc3ccccc3)c2cc1C. The van der Waals surface area contributed by atoms with E-state index in [0.717, 1.165) is 40.5 Å². The van der Waals surface area contributed by atoms with Gasteiger partial charge in [0.05, 0.1) is 12.7 Å². The quantitative estimate of drug-likeness (QED) is 0.552. The van der Waals surface area contributed by atoms with Crippen LogP contribution in [-0.2, 0) is 27.2 Å². The van der Waals surface area contributed by atoms with Crippen molar-refractivity contribution in [3.63, 3.8) is 0 Å². The lowest BCUT2D eigenvalue weighted by molar-refractivity contribution is -0.154. The molecule has 0 fully saturated rings. The van der Waals surface area contributed by atoms with Crippen LogP contribution < -0.4 is 5.32 Å². The fraction of sp³-hybridized carbons (Fsp3) is 0.360. The van der Waals surface area contributed by atoms with Crippen LogP contribution in [0.15, 0.2) is 53.1 Å². The average Bonchev–Trinajstić information content (AvgIpc) is 3.08. The molecule has 1 heterocycles. The highest BCUT2D eigenvalue weighted by atomic mass is 16.5. The van der Waals surface area contributed by atoms with Crippen molar-refractivity contribution < 1.29 is 18.7 Å². The zero-order chi connectivity index (χ0) is 21.7. The normalized spacial score (nSPS) is 13.1. The van der Waals surface area contributed by atoms with Crippen molar-refractivity contribution in [2.75, 3.05) is 0 Å². The summed E-state index contributed by atoms with van der Waals surface area (Å²) in [5, 5.41) is 3.83. The summed E-state index contributed by atoms with van der Waals surface area (Å²) >= 11 is 0. The van der Waals surface area contributed by atoms with E-state index >= 15 is 0 Å². The number of amides is 1. The van der Waals surface area contributed by atoms with E-state index in [1.807, 2.05) is 51.1 Å². The number of fused-ring (bicyclic) bond motifs is 1. The second-order valence-corrected chi connectivity index (χ2v) is 7.94. The van der Waals surface area contributed by atoms with Crippen molar-refractivity contribution in [3.8, 4) is 0 Å². The van der Waals surface area contributed by atoms with E-state index in [-0.39, 0.29) is 18.4 Å². The predicted octanol–water partition coefficient (Wildman–Crippen LogP) is 4.66. The summed E-state index contributed by atoms with van der Waals surface area (Å²) < 4.78 is 10.9. The molecule has 1 N–H and O–H groups in total. The zero-order valence-corrected chi connectivity index (χ0v) is 18.0. The highest BCUT2D eigenvalue weighted by Gasteiger charge is 2.21. The largest absolute Gasteiger partial charge is 0.464 e. The fourth-order valence-corrected chi connectivity index (χ4v) is 3.38. The van der Waals surface area contributed by atoms with Gasteiger partial charge in [-0.1, -0.05) is 30.3 Å². The summed E-state index contributed by atoms with van der Waals surface area (Å²) in [7, 11) is 0. The molecule has 30 heavy (non-hydrogen) atoms. The Labute approximate surface area is 177 Å². The molecule has 1 amide bonds. The first-order valence-electron chi connectivity index (χ1n) is 10.3. The van der Waals surface area contributed by atoms with Crippen molar-refractivity contribution in [1.29, 1.82) is 0 Å². The van der Waals surface area contributed by atoms with Crippen LogP contribution in [-0.4, -0.2) is 24.0 Å². The number of rotatable bonds is 8. The highest BCUT2D eigenvalue weighted by molar-refractivity contribution is 5.88. The fourth-order valence-electron chi connectivity index (χ4n) is 3.38. The van der Waals surface area contributed by atoms with Crippen molar-refractivity contribution in [2.24, 2.45) is 0 Å². The molecular formula is C25H29NO4. The number of nitrogens with one attached hydrogen (secondary N) is 1. The van der Waals surface area contributed by atoms with Gasteiger partial charge in [0, 0.05) is 17.0 Å². The molecule has 0 aliphatic carbocycles. The van der Waals surface area contributed by atoms with E-state index < -0.39 is 12.1 Å². The Morgan fingerprint density at radius 1 is 1.07 bits per heavy atom. The van der Waals surface area contributed by atoms with E-state index in [1.165, 1.54) is 5.56 Å². The molecule has 5 nitrogen and oxygen atoms in total. The Kier molecular flexibility index (Phi) is 6.93. The smallest absolute Gasteiger partial charge is 0.311 e. The van der Waals surface area contributed by atoms with Crippen molar-refractivity contribution >= 4 is 22.8 Å². The lowest BCUT2D eigenvalue weighted by atomic mass is 10.0. The number of hydrogen-bond donors (Lipinski definition) is 1. The lowest BCUT2D eigenvalue weighted by Crippen LogP contribution is -2.41. The summed E-state index contributed by atoms with van der Waals surface area (Å²) in [4.78, 5) is 24.8. The number of esters is 1. The second-order valence-electron chi connectivity index (χ2n) is 7.94. The van der Waals surface area contributed by atoms with E-state index in [4.69, 9.17) is 9.15 Å². The van der Waals surface area contributed by atoms with Gasteiger partial charge in [-0.2, -0.15) is 0 Å². The van der Waals surface area contributed by atoms with Gasteiger partial charge >= 0.3 is 5.97 Å². The number of hydrogen-bond acceptors (Lipinski definition) is 4. The van der Waals surface area contributed by atoms with E-state index in [9.17, 15) is 9.59 Å². The van der Waals surface area contributed by atoms with Gasteiger partial charge in [-0.25, -0.2) is 0 Å². The maximum absolute atomic E-state index is 12.4. The van der Waals surface area contributed by atoms with Gasteiger partial charge < -0.3 is 14.5 Å². The van der Waals surface area contributed by atoms with Gasteiger partial charge in [0.1, 0.15) is 5.58 Å². The monoisotopic (exact) mass is 407 g/mol. The van der Waals surface area contributed by atoms with E-state index in [1.54, 1.807) is 13.2 Å². The summed E-state index contributed by atoms with van der Waals surface area (Å²) in [5.74, 6) is -0.733. The first-order chi connectivity index (χ1) is 14.3. The standard InChI is InChI=1S/C25H29NO4/c1-16-12-22-21(15-29-23(22)13-17(16)2)14-24(27)30-19(4)25(28)26-18(3)10-11-20-8-6-5-7-9-20/h5-9,12-13,15,18-19H,10-11,14H2,1-4H3,(H,26,28)/t18-,19+/m1/s1. The molecule has 0 saturated carbocycles. The molecule has 158 valence electrons. The highest BCUT2D eigenvalue weighted by Crippen LogP contribution is 2.25. The molecule has 0 aliphatic heterocycles. The molecule has 0 bridgehead atoms. The molecule has 0 spiro atoms. The third-order valence-electron chi connectivity index (χ3n) is 5.38. The molecule has 0 unspecified atom stereocenters. The number of furan rings is 1. The van der Waals surface area contributed by atoms with Crippen LogP contribution >= 0.6 is 0 Å². The van der Waals surface area contributed by atoms with Crippen molar-refractivity contribution in [3.05, 3.63) is 71.0 Å². The lowest BCUT2D eigenvalue weighted by Gasteiger charge is -2.18. The minimum Gasteiger partial charge on any atom is -0.464 e. The Hall–Kier alpha value is -3.08. The molecule has 5 heteroatoms. The van der Waals surface area contributed by atoms with Gasteiger partial charge in [0.25, 0.3) is 5.91 Å². The van der Waals surface area contributed by atoms with Gasteiger partial charge in [-0.05, 0) is 69.4 Å². The summed E-state index contributed by atoms with van der Waals surface area (Å²) in [6.45, 7) is 7.59. The van der Waals surface area contributed by atoms with Crippen molar-refractivity contribution in [1.82, 2.24) is 5.32 Å². The van der Waals surface area contributed by atoms with Crippen LogP contribution in [0.2, 0.25) is 0 Å². The molecule has 1 aromatic heterocycles. The first kappa shape index (κ1) is 21.6. The second kappa shape index (κ2) is 9.61. The van der Waals surface area contributed by atoms with Gasteiger partial charge in [0.2, 0.25) is 0 Å². The van der Waals surface area contributed by atoms with Gasteiger partial charge in [0.15, 0.2) is 6.10 Å². The minimum atomic E-state index is -0.848. The third-order valence-corrected chi connectivity index (χ3v) is 5.38. The number of ether oxygens (including phenoxy) is 1. The van der Waals surface area contributed by atoms with Crippen LogP contribution in [0.1, 0.15) is 42.5 Å². The van der Waals surface area contributed by atoms with Crippen LogP contribution in [0.25, 0.3) is 11.0 Å². The number of aryl methyl sites for hydroxylation is 3. The molecule has 3 rings (SSSR count). The van der Waals surface area contributed by atoms with Crippen molar-refractivity contribution in [2.45, 2.75) is 59.1 Å². The molecule has 2 atom stereocenters. The Morgan fingerprint density at radius 2 is 1.77 bits per heavy atom. The predicted molar refractivity (Wildman–Crippen MR) is 117 cm³/mol. The topological polar surface area (TPSA) is 68.5 Å². The van der Waals surface area contributed by atoms with Crippen LogP contribution in [0.5, 0.6) is 0 Å². The summed E-state index contributed by atoms with van der Waals surface area (Å²) in [6, 6.07) is 14.1. The van der Waals surface area contributed by atoms with E-state index in [0.29, 0.717) is 0 Å². The summed E-state index contributed by atoms with van der Waals surface area (Å²) in [6.07, 6.45) is 2.50.